The van der Waals surface area contributed by atoms with Gasteiger partial charge < -0.3 is 9.73 Å². The lowest BCUT2D eigenvalue weighted by Gasteiger charge is -2.34. The molecule has 0 saturated heterocycles. The van der Waals surface area contributed by atoms with Gasteiger partial charge in [0.25, 0.3) is 0 Å². The molecule has 1 aromatic carbocycles. The Morgan fingerprint density at radius 1 is 1.17 bits per heavy atom. The van der Waals surface area contributed by atoms with Crippen molar-refractivity contribution in [1.29, 1.82) is 0 Å². The highest BCUT2D eigenvalue weighted by Gasteiger charge is 2.27. The van der Waals surface area contributed by atoms with E-state index in [2.05, 4.69) is 23.9 Å². The lowest BCUT2D eigenvalue weighted by atomic mass is 9.78. The normalized spacial score (nSPS) is 22.6. The fraction of sp³-hybridized carbons (Fsp3) is 0.409. The number of nitrogens with one attached hydrogen (secondary N) is 2. The zero-order valence-electron chi connectivity index (χ0n) is 16.8. The van der Waals surface area contributed by atoms with Crippen LogP contribution in [0.2, 0.25) is 0 Å². The van der Waals surface area contributed by atoms with Gasteiger partial charge in [-0.1, -0.05) is 38.8 Å². The van der Waals surface area contributed by atoms with E-state index in [0.717, 1.165) is 18.4 Å². The van der Waals surface area contributed by atoms with Crippen LogP contribution in [-0.2, 0) is 21.4 Å². The number of hydrogen-bond acceptors (Lipinski definition) is 4. The number of sulfonamides is 1. The second-order valence-corrected chi connectivity index (χ2v) is 9.46. The minimum atomic E-state index is -3.63. The monoisotopic (exact) mass is 416 g/mol. The van der Waals surface area contributed by atoms with Crippen LogP contribution in [0, 0.1) is 11.8 Å². The smallest absolute Gasteiger partial charge is 0.244 e. The van der Waals surface area contributed by atoms with E-state index in [1.807, 2.05) is 0 Å². The first-order valence-corrected chi connectivity index (χ1v) is 11.4. The number of benzene rings is 1. The predicted molar refractivity (Wildman–Crippen MR) is 112 cm³/mol. The standard InChI is InChI=1S/C22H28N2O4S/c1-16-5-3-7-21(17(16)2)24-22(25)13-10-18-8-11-20(12-9-18)29(26,27)23-15-19-6-4-14-28-19/h4,6,8-14,16-17,21,23H,3,5,7,15H2,1-2H3,(H,24,25)/b13-10+. The minimum absolute atomic E-state index is 0.0926. The highest BCUT2D eigenvalue weighted by Crippen LogP contribution is 2.29. The Hall–Kier alpha value is -2.38. The second-order valence-electron chi connectivity index (χ2n) is 7.69. The van der Waals surface area contributed by atoms with Gasteiger partial charge in [-0.25, -0.2) is 13.1 Å². The van der Waals surface area contributed by atoms with Crippen molar-refractivity contribution in [3.05, 3.63) is 60.1 Å². The summed E-state index contributed by atoms with van der Waals surface area (Å²) in [6, 6.07) is 10.0. The van der Waals surface area contributed by atoms with Crippen LogP contribution in [0.1, 0.15) is 44.4 Å². The molecule has 1 amide bonds. The summed E-state index contributed by atoms with van der Waals surface area (Å²) in [6.45, 7) is 4.52. The Bertz CT molecular complexity index is 934. The average Bonchev–Trinajstić information content (AvgIpc) is 3.23. The van der Waals surface area contributed by atoms with Gasteiger partial charge in [-0.15, -0.1) is 0 Å². The molecule has 1 saturated carbocycles. The molecular formula is C22H28N2O4S. The van der Waals surface area contributed by atoms with E-state index >= 15 is 0 Å². The molecule has 1 heterocycles. The molecule has 2 N–H and O–H groups in total. The van der Waals surface area contributed by atoms with Gasteiger partial charge in [0.2, 0.25) is 15.9 Å². The van der Waals surface area contributed by atoms with Crippen molar-refractivity contribution >= 4 is 22.0 Å². The Kier molecular flexibility index (Phi) is 6.92. The SMILES string of the molecule is CC1CCCC(NC(=O)/C=C/c2ccc(S(=O)(=O)NCc3ccco3)cc2)C1C. The van der Waals surface area contributed by atoms with Gasteiger partial charge in [0.15, 0.2) is 0 Å². The van der Waals surface area contributed by atoms with Crippen molar-refractivity contribution in [2.45, 2.75) is 50.6 Å². The van der Waals surface area contributed by atoms with E-state index in [9.17, 15) is 13.2 Å². The molecule has 0 radical (unpaired) electrons. The van der Waals surface area contributed by atoms with Crippen LogP contribution >= 0.6 is 0 Å². The molecule has 3 rings (SSSR count). The molecule has 2 aromatic rings. The first kappa shape index (κ1) is 21.3. The van der Waals surface area contributed by atoms with E-state index in [4.69, 9.17) is 4.42 Å². The lowest BCUT2D eigenvalue weighted by Crippen LogP contribution is -2.43. The highest BCUT2D eigenvalue weighted by atomic mass is 32.2. The molecule has 29 heavy (non-hydrogen) atoms. The molecule has 1 fully saturated rings. The van der Waals surface area contributed by atoms with Gasteiger partial charge in [-0.2, -0.15) is 0 Å². The van der Waals surface area contributed by atoms with Crippen molar-refractivity contribution in [3.63, 3.8) is 0 Å². The highest BCUT2D eigenvalue weighted by molar-refractivity contribution is 7.89. The van der Waals surface area contributed by atoms with Crippen LogP contribution in [0.4, 0.5) is 0 Å². The molecule has 3 unspecified atom stereocenters. The Balaban J connectivity index is 1.56. The summed E-state index contributed by atoms with van der Waals surface area (Å²) in [4.78, 5) is 12.4. The van der Waals surface area contributed by atoms with E-state index < -0.39 is 10.0 Å². The molecule has 0 bridgehead atoms. The Morgan fingerprint density at radius 3 is 2.62 bits per heavy atom. The fourth-order valence-electron chi connectivity index (χ4n) is 3.61. The molecule has 1 aromatic heterocycles. The largest absolute Gasteiger partial charge is 0.468 e. The summed E-state index contributed by atoms with van der Waals surface area (Å²) >= 11 is 0. The van der Waals surface area contributed by atoms with Crippen molar-refractivity contribution < 1.29 is 17.6 Å². The van der Waals surface area contributed by atoms with E-state index in [1.54, 1.807) is 30.3 Å². The van der Waals surface area contributed by atoms with Crippen molar-refractivity contribution in [2.75, 3.05) is 0 Å². The number of hydrogen-bond donors (Lipinski definition) is 2. The average molecular weight is 417 g/mol. The molecule has 6 nitrogen and oxygen atoms in total. The van der Waals surface area contributed by atoms with Crippen LogP contribution in [0.15, 0.2) is 58.1 Å². The molecule has 1 aliphatic carbocycles. The Morgan fingerprint density at radius 2 is 1.93 bits per heavy atom. The summed E-state index contributed by atoms with van der Waals surface area (Å²) in [5.74, 6) is 1.52. The van der Waals surface area contributed by atoms with Crippen molar-refractivity contribution in [3.8, 4) is 0 Å². The van der Waals surface area contributed by atoms with Crippen molar-refractivity contribution in [2.24, 2.45) is 11.8 Å². The molecule has 1 aliphatic rings. The molecule has 7 heteroatoms. The Labute approximate surface area is 172 Å². The molecule has 156 valence electrons. The number of carbonyl (C=O) groups excluding carboxylic acids is 1. The maximum absolute atomic E-state index is 12.3. The molecule has 0 aliphatic heterocycles. The summed E-state index contributed by atoms with van der Waals surface area (Å²) < 4.78 is 32.3. The number of carbonyl (C=O) groups is 1. The summed E-state index contributed by atoms with van der Waals surface area (Å²) in [6.07, 6.45) is 8.07. The quantitative estimate of drug-likeness (QED) is 0.674. The summed E-state index contributed by atoms with van der Waals surface area (Å²) in [5, 5.41) is 3.09. The van der Waals surface area contributed by atoms with Crippen LogP contribution < -0.4 is 10.0 Å². The van der Waals surface area contributed by atoms with Gasteiger partial charge in [0, 0.05) is 12.1 Å². The lowest BCUT2D eigenvalue weighted by molar-refractivity contribution is -0.117. The number of rotatable bonds is 7. The van der Waals surface area contributed by atoms with Gasteiger partial charge in [0.05, 0.1) is 17.7 Å². The molecule has 0 spiro atoms. The maximum atomic E-state index is 12.3. The number of furan rings is 1. The van der Waals surface area contributed by atoms with Gasteiger partial charge in [0.1, 0.15) is 5.76 Å². The topological polar surface area (TPSA) is 88.4 Å². The summed E-state index contributed by atoms with van der Waals surface area (Å²) in [7, 11) is -3.63. The van der Waals surface area contributed by atoms with E-state index in [-0.39, 0.29) is 23.4 Å². The molecular weight excluding hydrogens is 388 g/mol. The van der Waals surface area contributed by atoms with Crippen molar-refractivity contribution in [1.82, 2.24) is 10.0 Å². The van der Waals surface area contributed by atoms with E-state index in [0.29, 0.717) is 17.6 Å². The summed E-state index contributed by atoms with van der Waals surface area (Å²) in [5.41, 5.74) is 0.759. The third kappa shape index (κ3) is 5.81. The first-order valence-electron chi connectivity index (χ1n) is 9.96. The van der Waals surface area contributed by atoms with Crippen LogP contribution in [0.25, 0.3) is 6.08 Å². The van der Waals surface area contributed by atoms with Crippen LogP contribution in [-0.4, -0.2) is 20.4 Å². The first-order chi connectivity index (χ1) is 13.8. The second kappa shape index (κ2) is 9.41. The maximum Gasteiger partial charge on any atom is 0.244 e. The third-order valence-electron chi connectivity index (χ3n) is 5.67. The van der Waals surface area contributed by atoms with Crippen LogP contribution in [0.5, 0.6) is 0 Å². The minimum Gasteiger partial charge on any atom is -0.468 e. The third-order valence-corrected chi connectivity index (χ3v) is 7.09. The molecule has 3 atom stereocenters. The predicted octanol–water partition coefficient (Wildman–Crippen LogP) is 3.71. The zero-order valence-corrected chi connectivity index (χ0v) is 17.6. The fourth-order valence-corrected chi connectivity index (χ4v) is 4.60. The van der Waals surface area contributed by atoms with Gasteiger partial charge >= 0.3 is 0 Å². The van der Waals surface area contributed by atoms with Gasteiger partial charge in [-0.05, 0) is 54.2 Å². The van der Waals surface area contributed by atoms with Crippen LogP contribution in [0.3, 0.4) is 0 Å². The van der Waals surface area contributed by atoms with Gasteiger partial charge in [-0.3, -0.25) is 4.79 Å². The zero-order chi connectivity index (χ0) is 20.9. The van der Waals surface area contributed by atoms with E-state index in [1.165, 1.54) is 30.9 Å². The number of amides is 1.